The van der Waals surface area contributed by atoms with Crippen molar-refractivity contribution in [2.45, 2.75) is 6.04 Å². The quantitative estimate of drug-likeness (QED) is 0.882. The molecule has 102 valence electrons. The molecule has 0 bridgehead atoms. The van der Waals surface area contributed by atoms with Crippen LogP contribution in [0.5, 0.6) is 0 Å². The standard InChI is InChI=1S/C13H16N2O3S/c16-12(17)11(10-4-2-1-3-5-10)14-13(18)15-6-8-19-9-7-15/h1-5,11H,6-9H2,(H,14,18)(H,16,17)/t11-/m0/s1. The fraction of sp³-hybridized carbons (Fsp3) is 0.385. The molecule has 5 nitrogen and oxygen atoms in total. The van der Waals surface area contributed by atoms with Crippen molar-refractivity contribution in [1.82, 2.24) is 10.2 Å². The predicted molar refractivity (Wildman–Crippen MR) is 74.2 cm³/mol. The lowest BCUT2D eigenvalue weighted by molar-refractivity contribution is -0.139. The lowest BCUT2D eigenvalue weighted by atomic mass is 10.1. The molecule has 1 heterocycles. The van der Waals surface area contributed by atoms with Gasteiger partial charge in [0.25, 0.3) is 0 Å². The molecule has 0 unspecified atom stereocenters. The van der Waals surface area contributed by atoms with E-state index in [9.17, 15) is 14.7 Å². The van der Waals surface area contributed by atoms with Gasteiger partial charge in [0.1, 0.15) is 0 Å². The van der Waals surface area contributed by atoms with E-state index in [1.54, 1.807) is 40.9 Å². The number of rotatable bonds is 3. The van der Waals surface area contributed by atoms with Crippen LogP contribution in [0.3, 0.4) is 0 Å². The molecule has 1 atom stereocenters. The first kappa shape index (κ1) is 13.7. The highest BCUT2D eigenvalue weighted by Gasteiger charge is 2.25. The topological polar surface area (TPSA) is 69.6 Å². The molecule has 0 spiro atoms. The lowest BCUT2D eigenvalue weighted by Gasteiger charge is -2.28. The number of carbonyl (C=O) groups excluding carboxylic acids is 1. The Morgan fingerprint density at radius 1 is 1.21 bits per heavy atom. The van der Waals surface area contributed by atoms with E-state index in [1.165, 1.54) is 0 Å². The zero-order valence-corrected chi connectivity index (χ0v) is 11.2. The maximum Gasteiger partial charge on any atom is 0.330 e. The number of aliphatic carboxylic acids is 1. The Kier molecular flexibility index (Phi) is 4.68. The molecule has 0 radical (unpaired) electrons. The number of thioether (sulfide) groups is 1. The van der Waals surface area contributed by atoms with Gasteiger partial charge in [0.15, 0.2) is 6.04 Å². The minimum Gasteiger partial charge on any atom is -0.479 e. The van der Waals surface area contributed by atoms with E-state index in [2.05, 4.69) is 5.32 Å². The number of carboxylic acid groups (broad SMARTS) is 1. The number of urea groups is 1. The summed E-state index contributed by atoms with van der Waals surface area (Å²) in [6.45, 7) is 1.33. The van der Waals surface area contributed by atoms with Crippen LogP contribution in [-0.4, -0.2) is 46.6 Å². The van der Waals surface area contributed by atoms with Crippen LogP contribution in [0.15, 0.2) is 30.3 Å². The van der Waals surface area contributed by atoms with E-state index < -0.39 is 12.0 Å². The first-order valence-electron chi connectivity index (χ1n) is 6.09. The molecule has 1 aromatic rings. The fourth-order valence-electron chi connectivity index (χ4n) is 1.91. The van der Waals surface area contributed by atoms with Crippen molar-refractivity contribution in [3.05, 3.63) is 35.9 Å². The third-order valence-corrected chi connectivity index (χ3v) is 3.89. The molecule has 0 aliphatic carbocycles. The molecule has 6 heteroatoms. The number of amides is 2. The summed E-state index contributed by atoms with van der Waals surface area (Å²) in [4.78, 5) is 25.0. The van der Waals surface area contributed by atoms with Crippen LogP contribution in [0.2, 0.25) is 0 Å². The van der Waals surface area contributed by atoms with E-state index in [4.69, 9.17) is 0 Å². The van der Waals surface area contributed by atoms with Gasteiger partial charge in [-0.15, -0.1) is 0 Å². The molecule has 1 aromatic carbocycles. The maximum atomic E-state index is 12.0. The summed E-state index contributed by atoms with van der Waals surface area (Å²) in [6, 6.07) is 7.42. The summed E-state index contributed by atoms with van der Waals surface area (Å²) in [6.07, 6.45) is 0. The van der Waals surface area contributed by atoms with E-state index >= 15 is 0 Å². The highest BCUT2D eigenvalue weighted by atomic mass is 32.2. The van der Waals surface area contributed by atoms with Crippen LogP contribution in [0.4, 0.5) is 4.79 Å². The number of carboxylic acids is 1. The maximum absolute atomic E-state index is 12.0. The Bertz CT molecular complexity index is 446. The molecule has 19 heavy (non-hydrogen) atoms. The van der Waals surface area contributed by atoms with Crippen LogP contribution < -0.4 is 5.32 Å². The Balaban J connectivity index is 2.04. The van der Waals surface area contributed by atoms with Crippen molar-refractivity contribution in [2.24, 2.45) is 0 Å². The second-order valence-electron chi connectivity index (χ2n) is 4.23. The molecular formula is C13H16N2O3S. The normalized spacial score (nSPS) is 16.7. The van der Waals surface area contributed by atoms with Crippen molar-refractivity contribution < 1.29 is 14.7 Å². The Morgan fingerprint density at radius 3 is 2.42 bits per heavy atom. The molecule has 1 fully saturated rings. The van der Waals surface area contributed by atoms with Crippen molar-refractivity contribution in [1.29, 1.82) is 0 Å². The van der Waals surface area contributed by atoms with Gasteiger partial charge in [-0.05, 0) is 5.56 Å². The SMILES string of the molecule is O=C(O)[C@@H](NC(=O)N1CCSCC1)c1ccccc1. The van der Waals surface area contributed by atoms with E-state index in [0.717, 1.165) is 11.5 Å². The van der Waals surface area contributed by atoms with Gasteiger partial charge >= 0.3 is 12.0 Å². The van der Waals surface area contributed by atoms with Crippen LogP contribution in [0, 0.1) is 0 Å². The van der Waals surface area contributed by atoms with Gasteiger partial charge < -0.3 is 15.3 Å². The summed E-state index contributed by atoms with van der Waals surface area (Å²) in [7, 11) is 0. The minimum absolute atomic E-state index is 0.309. The summed E-state index contributed by atoms with van der Waals surface area (Å²) in [5.41, 5.74) is 0.578. The van der Waals surface area contributed by atoms with Gasteiger partial charge in [-0.1, -0.05) is 30.3 Å². The van der Waals surface area contributed by atoms with Crippen molar-refractivity contribution in [2.75, 3.05) is 24.6 Å². The Morgan fingerprint density at radius 2 is 1.84 bits per heavy atom. The summed E-state index contributed by atoms with van der Waals surface area (Å²) in [5, 5.41) is 11.8. The van der Waals surface area contributed by atoms with Crippen molar-refractivity contribution in [3.8, 4) is 0 Å². The number of nitrogens with one attached hydrogen (secondary N) is 1. The third kappa shape index (κ3) is 3.64. The first-order chi connectivity index (χ1) is 9.18. The fourth-order valence-corrected chi connectivity index (χ4v) is 2.82. The lowest BCUT2D eigenvalue weighted by Crippen LogP contribution is -2.46. The highest BCUT2D eigenvalue weighted by molar-refractivity contribution is 7.99. The Hall–Kier alpha value is -1.69. The first-order valence-corrected chi connectivity index (χ1v) is 7.25. The van der Waals surface area contributed by atoms with Gasteiger partial charge in [-0.25, -0.2) is 9.59 Å². The molecule has 1 saturated heterocycles. The number of benzene rings is 1. The molecular weight excluding hydrogens is 264 g/mol. The molecule has 1 aliphatic heterocycles. The smallest absolute Gasteiger partial charge is 0.330 e. The zero-order chi connectivity index (χ0) is 13.7. The number of hydrogen-bond acceptors (Lipinski definition) is 3. The van der Waals surface area contributed by atoms with Gasteiger partial charge in [-0.2, -0.15) is 11.8 Å². The van der Waals surface area contributed by atoms with Crippen molar-refractivity contribution in [3.63, 3.8) is 0 Å². The van der Waals surface area contributed by atoms with Gasteiger partial charge in [0, 0.05) is 24.6 Å². The second kappa shape index (κ2) is 6.47. The minimum atomic E-state index is -1.05. The van der Waals surface area contributed by atoms with E-state index in [-0.39, 0.29) is 6.03 Å². The molecule has 2 amide bonds. The van der Waals surface area contributed by atoms with E-state index in [1.807, 2.05) is 6.07 Å². The third-order valence-electron chi connectivity index (χ3n) is 2.95. The summed E-state index contributed by atoms with van der Waals surface area (Å²) >= 11 is 1.80. The van der Waals surface area contributed by atoms with Crippen molar-refractivity contribution >= 4 is 23.8 Å². The average molecular weight is 280 g/mol. The van der Waals surface area contributed by atoms with E-state index in [0.29, 0.717) is 18.7 Å². The highest BCUT2D eigenvalue weighted by Crippen LogP contribution is 2.15. The number of hydrogen-bond donors (Lipinski definition) is 2. The monoisotopic (exact) mass is 280 g/mol. The predicted octanol–water partition coefficient (Wildman–Crippen LogP) is 1.57. The second-order valence-corrected chi connectivity index (χ2v) is 5.46. The number of carbonyl (C=O) groups is 2. The van der Waals surface area contributed by atoms with Crippen LogP contribution >= 0.6 is 11.8 Å². The van der Waals surface area contributed by atoms with Crippen LogP contribution in [0.25, 0.3) is 0 Å². The molecule has 0 aromatic heterocycles. The van der Waals surface area contributed by atoms with Gasteiger partial charge in [-0.3, -0.25) is 0 Å². The number of nitrogens with zero attached hydrogens (tertiary/aromatic N) is 1. The van der Waals surface area contributed by atoms with Crippen LogP contribution in [0.1, 0.15) is 11.6 Å². The Labute approximate surface area is 116 Å². The zero-order valence-electron chi connectivity index (χ0n) is 10.4. The molecule has 1 aliphatic rings. The summed E-state index contributed by atoms with van der Waals surface area (Å²) < 4.78 is 0. The summed E-state index contributed by atoms with van der Waals surface area (Å²) in [5.74, 6) is 0.749. The largest absolute Gasteiger partial charge is 0.479 e. The van der Waals surface area contributed by atoms with Gasteiger partial charge in [0.05, 0.1) is 0 Å². The molecule has 0 saturated carbocycles. The van der Waals surface area contributed by atoms with Crippen LogP contribution in [-0.2, 0) is 4.79 Å². The molecule has 2 rings (SSSR count). The van der Waals surface area contributed by atoms with Gasteiger partial charge in [0.2, 0.25) is 0 Å². The average Bonchev–Trinajstić information content (AvgIpc) is 2.46. The molecule has 2 N–H and O–H groups in total.